The predicted octanol–water partition coefficient (Wildman–Crippen LogP) is 8.30. The van der Waals surface area contributed by atoms with E-state index in [0.717, 1.165) is 5.69 Å². The third-order valence-corrected chi connectivity index (χ3v) is 5.94. The maximum absolute atomic E-state index is 7.16. The largest absolute Gasteiger partial charge is 0.238 e. The van der Waals surface area contributed by atoms with Crippen molar-refractivity contribution in [1.82, 2.24) is 0 Å². The molecule has 0 saturated carbocycles. The Balaban J connectivity index is 1.41. The fraction of sp³-hybridized carbons (Fsp3) is 0.370. The van der Waals surface area contributed by atoms with E-state index in [1.165, 1.54) is 71.6 Å². The van der Waals surface area contributed by atoms with Gasteiger partial charge in [0.05, 0.1) is 6.57 Å². The van der Waals surface area contributed by atoms with Gasteiger partial charge in [0.25, 0.3) is 0 Å². The Hall–Kier alpha value is -2.59. The number of nitrogens with zero attached hydrogens (tertiary/aromatic N) is 1. The van der Waals surface area contributed by atoms with E-state index in [1.54, 1.807) is 0 Å². The van der Waals surface area contributed by atoms with Crippen molar-refractivity contribution in [2.45, 2.75) is 65.2 Å². The molecule has 0 aliphatic rings. The molecule has 144 valence electrons. The highest BCUT2D eigenvalue weighted by atomic mass is 14.6. The zero-order chi connectivity index (χ0) is 19.9. The summed E-state index contributed by atoms with van der Waals surface area (Å²) in [4.78, 5) is 3.54. The van der Waals surface area contributed by atoms with Gasteiger partial charge in [0.1, 0.15) is 0 Å². The van der Waals surface area contributed by atoms with Crippen LogP contribution in [0.4, 0.5) is 5.69 Å². The second-order valence-corrected chi connectivity index (χ2v) is 8.18. The summed E-state index contributed by atoms with van der Waals surface area (Å²) in [5.74, 6) is 0.536. The lowest BCUT2D eigenvalue weighted by Gasteiger charge is -2.12. The topological polar surface area (TPSA) is 4.36 Å². The zero-order valence-electron chi connectivity index (χ0n) is 17.5. The van der Waals surface area contributed by atoms with Crippen molar-refractivity contribution in [3.05, 3.63) is 88.3 Å². The first-order valence-corrected chi connectivity index (χ1v) is 10.5. The molecule has 0 aliphatic heterocycles. The minimum absolute atomic E-state index is 0.536. The van der Waals surface area contributed by atoms with E-state index in [2.05, 4.69) is 62.0 Å². The molecule has 3 aromatic rings. The van der Waals surface area contributed by atoms with Crippen molar-refractivity contribution in [1.29, 1.82) is 0 Å². The van der Waals surface area contributed by atoms with Crippen molar-refractivity contribution in [3.63, 3.8) is 0 Å². The van der Waals surface area contributed by atoms with Gasteiger partial charge in [-0.3, -0.25) is 0 Å². The quantitative estimate of drug-likeness (QED) is 0.278. The molecule has 1 heteroatoms. The summed E-state index contributed by atoms with van der Waals surface area (Å²) < 4.78 is 0. The summed E-state index contributed by atoms with van der Waals surface area (Å²) in [6.45, 7) is 13.8. The van der Waals surface area contributed by atoms with Gasteiger partial charge in [-0.05, 0) is 66.5 Å². The van der Waals surface area contributed by atoms with E-state index in [9.17, 15) is 0 Å². The third kappa shape index (κ3) is 5.23. The summed E-state index contributed by atoms with van der Waals surface area (Å²) in [7, 11) is 0. The number of rotatable bonds is 8. The second-order valence-electron chi connectivity index (χ2n) is 8.18. The summed E-state index contributed by atoms with van der Waals surface area (Å²) in [5, 5.41) is 2.72. The maximum atomic E-state index is 7.16. The summed E-state index contributed by atoms with van der Waals surface area (Å²) in [6.07, 6.45) is 7.48. The van der Waals surface area contributed by atoms with E-state index in [4.69, 9.17) is 6.57 Å². The van der Waals surface area contributed by atoms with Gasteiger partial charge in [0.2, 0.25) is 0 Å². The molecule has 0 aliphatic carbocycles. The normalized spacial score (nSPS) is 12.1. The molecule has 3 aromatic carbocycles. The fourth-order valence-corrected chi connectivity index (χ4v) is 3.93. The van der Waals surface area contributed by atoms with Gasteiger partial charge in [0, 0.05) is 0 Å². The number of unbranched alkanes of at least 4 members (excludes halogenated alkanes) is 3. The molecule has 0 fully saturated rings. The van der Waals surface area contributed by atoms with E-state index >= 15 is 0 Å². The Kier molecular flexibility index (Phi) is 6.88. The van der Waals surface area contributed by atoms with Crippen LogP contribution in [0.3, 0.4) is 0 Å². The molecule has 0 radical (unpaired) electrons. The first-order chi connectivity index (χ1) is 13.6. The number of fused-ring (bicyclic) bond motifs is 1. The molecular formula is C27H31N. The van der Waals surface area contributed by atoms with Crippen LogP contribution < -0.4 is 0 Å². The maximum Gasteiger partial charge on any atom is 0.187 e. The number of benzene rings is 3. The highest BCUT2D eigenvalue weighted by molar-refractivity contribution is 5.84. The van der Waals surface area contributed by atoms with E-state index in [0.29, 0.717) is 5.92 Å². The Morgan fingerprint density at radius 1 is 0.821 bits per heavy atom. The van der Waals surface area contributed by atoms with Crippen molar-refractivity contribution < 1.29 is 0 Å². The average molecular weight is 370 g/mol. The minimum Gasteiger partial charge on any atom is -0.238 e. The molecule has 0 amide bonds. The van der Waals surface area contributed by atoms with Gasteiger partial charge in [-0.15, -0.1) is 0 Å². The lowest BCUT2D eigenvalue weighted by atomic mass is 9.94. The summed E-state index contributed by atoms with van der Waals surface area (Å²) in [6, 6.07) is 19.6. The van der Waals surface area contributed by atoms with Crippen LogP contribution in [0.1, 0.15) is 67.2 Å². The monoisotopic (exact) mass is 369 g/mol. The lowest BCUT2D eigenvalue weighted by Crippen LogP contribution is -1.94. The molecule has 1 unspecified atom stereocenters. The fourth-order valence-electron chi connectivity index (χ4n) is 3.93. The molecule has 1 nitrogen and oxygen atoms in total. The Labute approximate surface area is 170 Å². The van der Waals surface area contributed by atoms with E-state index in [1.807, 2.05) is 18.2 Å². The van der Waals surface area contributed by atoms with E-state index < -0.39 is 0 Å². The average Bonchev–Trinajstić information content (AvgIpc) is 2.71. The van der Waals surface area contributed by atoms with Crippen LogP contribution in [0.5, 0.6) is 0 Å². The number of aryl methyl sites for hydroxylation is 3. The first kappa shape index (κ1) is 20.2. The van der Waals surface area contributed by atoms with Crippen LogP contribution >= 0.6 is 0 Å². The van der Waals surface area contributed by atoms with Gasteiger partial charge in [0.15, 0.2) is 5.69 Å². The minimum atomic E-state index is 0.536. The van der Waals surface area contributed by atoms with Crippen LogP contribution in [0.2, 0.25) is 0 Å². The smallest absolute Gasteiger partial charge is 0.187 e. The van der Waals surface area contributed by atoms with Gasteiger partial charge in [-0.2, -0.15) is 0 Å². The Morgan fingerprint density at radius 3 is 2.36 bits per heavy atom. The first-order valence-electron chi connectivity index (χ1n) is 10.5. The standard InChI is InChI=1S/C27H31N/c1-20(24-12-9-13-27(19-24)28-4)10-7-5-6-8-11-23-14-15-25-16-21(2)22(3)17-26(25)18-23/h9,12-20H,5-8,10-11H2,1-3H3. The molecule has 1 atom stereocenters. The van der Waals surface area contributed by atoms with Gasteiger partial charge >= 0.3 is 0 Å². The van der Waals surface area contributed by atoms with Crippen LogP contribution in [0.15, 0.2) is 54.6 Å². The highest BCUT2D eigenvalue weighted by Gasteiger charge is 2.06. The van der Waals surface area contributed by atoms with Crippen molar-refractivity contribution in [3.8, 4) is 0 Å². The van der Waals surface area contributed by atoms with Crippen molar-refractivity contribution >= 4 is 16.5 Å². The van der Waals surface area contributed by atoms with Crippen LogP contribution in [0.25, 0.3) is 15.6 Å². The zero-order valence-corrected chi connectivity index (χ0v) is 17.5. The Bertz CT molecular complexity index is 977. The highest BCUT2D eigenvalue weighted by Crippen LogP contribution is 2.26. The van der Waals surface area contributed by atoms with Gasteiger partial charge in [-0.25, -0.2) is 4.85 Å². The molecular weight excluding hydrogens is 338 g/mol. The molecule has 0 spiro atoms. The third-order valence-electron chi connectivity index (χ3n) is 5.94. The summed E-state index contributed by atoms with van der Waals surface area (Å²) >= 11 is 0. The SMILES string of the molecule is [C-]#[N+]c1cccc(C(C)CCCCCCc2ccc3cc(C)c(C)cc3c2)c1. The van der Waals surface area contributed by atoms with Crippen LogP contribution in [-0.2, 0) is 6.42 Å². The molecule has 0 aromatic heterocycles. The van der Waals surface area contributed by atoms with Crippen molar-refractivity contribution in [2.75, 3.05) is 0 Å². The Morgan fingerprint density at radius 2 is 1.57 bits per heavy atom. The lowest BCUT2D eigenvalue weighted by molar-refractivity contribution is 0.570. The molecule has 0 bridgehead atoms. The molecule has 0 heterocycles. The van der Waals surface area contributed by atoms with E-state index in [-0.39, 0.29) is 0 Å². The predicted molar refractivity (Wildman–Crippen MR) is 121 cm³/mol. The van der Waals surface area contributed by atoms with Crippen LogP contribution in [-0.4, -0.2) is 0 Å². The summed E-state index contributed by atoms with van der Waals surface area (Å²) in [5.41, 5.74) is 6.26. The number of hydrogen-bond donors (Lipinski definition) is 0. The molecule has 3 rings (SSSR count). The molecule has 0 saturated heterocycles. The van der Waals surface area contributed by atoms with Crippen LogP contribution in [0, 0.1) is 20.4 Å². The van der Waals surface area contributed by atoms with Gasteiger partial charge < -0.3 is 0 Å². The molecule has 0 N–H and O–H groups in total. The second kappa shape index (κ2) is 9.56. The van der Waals surface area contributed by atoms with Crippen molar-refractivity contribution in [2.24, 2.45) is 0 Å². The van der Waals surface area contributed by atoms with Gasteiger partial charge in [-0.1, -0.05) is 86.3 Å². The molecule has 28 heavy (non-hydrogen) atoms. The number of hydrogen-bond acceptors (Lipinski definition) is 0.